The van der Waals surface area contributed by atoms with Gasteiger partial charge < -0.3 is 10.4 Å². The third-order valence-electron chi connectivity index (χ3n) is 3.48. The fraction of sp³-hybridized carbons (Fsp3) is 0.636. The predicted octanol–water partition coefficient (Wildman–Crippen LogP) is 1.53. The Morgan fingerprint density at radius 1 is 1.53 bits per heavy atom. The van der Waals surface area contributed by atoms with Gasteiger partial charge in [-0.05, 0) is 12.8 Å². The fourth-order valence-corrected chi connectivity index (χ4v) is 2.47. The van der Waals surface area contributed by atoms with Crippen molar-refractivity contribution in [1.29, 1.82) is 0 Å². The smallest absolute Gasteiger partial charge is 0.330 e. The average molecular weight is 268 g/mol. The number of rotatable bonds is 4. The molecule has 0 saturated heterocycles. The van der Waals surface area contributed by atoms with Gasteiger partial charge in [-0.25, -0.2) is 4.79 Å². The van der Waals surface area contributed by atoms with E-state index in [2.05, 4.69) is 10.4 Å². The number of carboxylic acids is 1. The summed E-state index contributed by atoms with van der Waals surface area (Å²) >= 11 is 0. The maximum absolute atomic E-state index is 11.5. The molecular weight excluding hydrogens is 252 g/mol. The highest BCUT2D eigenvalue weighted by Gasteiger charge is 2.41. The van der Waals surface area contributed by atoms with Crippen molar-refractivity contribution >= 4 is 17.5 Å². The van der Waals surface area contributed by atoms with Crippen LogP contribution in [0.1, 0.15) is 32.1 Å². The van der Waals surface area contributed by atoms with Crippen molar-refractivity contribution in [1.82, 2.24) is 9.78 Å². The van der Waals surface area contributed by atoms with Crippen molar-refractivity contribution in [2.45, 2.75) is 37.6 Å². The number of nitrogens with zero attached hydrogens (tertiary/aromatic N) is 3. The SMILES string of the molecule is Cn1cc([N+](=O)[O-])c(NC2(C(=O)O)CCCCC2)n1. The van der Waals surface area contributed by atoms with Crippen LogP contribution in [0.3, 0.4) is 0 Å². The van der Waals surface area contributed by atoms with Crippen LogP contribution >= 0.6 is 0 Å². The highest BCUT2D eigenvalue weighted by atomic mass is 16.6. The van der Waals surface area contributed by atoms with E-state index in [-0.39, 0.29) is 11.5 Å². The van der Waals surface area contributed by atoms with E-state index >= 15 is 0 Å². The van der Waals surface area contributed by atoms with E-state index in [0.29, 0.717) is 12.8 Å². The zero-order valence-corrected chi connectivity index (χ0v) is 10.6. The van der Waals surface area contributed by atoms with Gasteiger partial charge >= 0.3 is 11.7 Å². The molecule has 104 valence electrons. The number of carboxylic acid groups (broad SMARTS) is 1. The number of nitro groups is 1. The second-order valence-electron chi connectivity index (χ2n) is 4.87. The van der Waals surface area contributed by atoms with E-state index in [1.807, 2.05) is 0 Å². The molecule has 1 aromatic rings. The standard InChI is InChI=1S/C11H16N4O4/c1-14-7-8(15(18)19)9(13-14)12-11(10(16)17)5-3-2-4-6-11/h7H,2-6H2,1H3,(H,12,13)(H,16,17). The largest absolute Gasteiger partial charge is 0.480 e. The molecule has 0 amide bonds. The van der Waals surface area contributed by atoms with E-state index in [4.69, 9.17) is 0 Å². The van der Waals surface area contributed by atoms with Crippen molar-refractivity contribution in [2.75, 3.05) is 5.32 Å². The van der Waals surface area contributed by atoms with Crippen LogP contribution in [0.4, 0.5) is 11.5 Å². The van der Waals surface area contributed by atoms with E-state index in [1.54, 1.807) is 7.05 Å². The molecule has 2 N–H and O–H groups in total. The topological polar surface area (TPSA) is 110 Å². The molecule has 1 aliphatic carbocycles. The number of aliphatic carboxylic acids is 1. The van der Waals surface area contributed by atoms with Gasteiger partial charge in [-0.15, -0.1) is 5.10 Å². The first-order valence-electron chi connectivity index (χ1n) is 6.14. The predicted molar refractivity (Wildman–Crippen MR) is 66.9 cm³/mol. The Morgan fingerprint density at radius 2 is 2.16 bits per heavy atom. The summed E-state index contributed by atoms with van der Waals surface area (Å²) in [5.74, 6) is -0.955. The molecule has 0 atom stereocenters. The molecule has 0 bridgehead atoms. The van der Waals surface area contributed by atoms with Crippen LogP contribution < -0.4 is 5.32 Å². The fourth-order valence-electron chi connectivity index (χ4n) is 2.47. The quantitative estimate of drug-likeness (QED) is 0.632. The summed E-state index contributed by atoms with van der Waals surface area (Å²) in [7, 11) is 1.56. The maximum atomic E-state index is 11.5. The highest BCUT2D eigenvalue weighted by Crippen LogP contribution is 2.34. The summed E-state index contributed by atoms with van der Waals surface area (Å²) in [5, 5.41) is 27.1. The van der Waals surface area contributed by atoms with Crippen molar-refractivity contribution in [3.05, 3.63) is 16.3 Å². The van der Waals surface area contributed by atoms with E-state index in [9.17, 15) is 20.0 Å². The Bertz CT molecular complexity index is 505. The Kier molecular flexibility index (Phi) is 3.41. The molecule has 1 aromatic heterocycles. The minimum Gasteiger partial charge on any atom is -0.480 e. The summed E-state index contributed by atoms with van der Waals surface area (Å²) < 4.78 is 1.30. The molecule has 1 fully saturated rings. The summed E-state index contributed by atoms with van der Waals surface area (Å²) in [4.78, 5) is 21.9. The molecule has 1 aliphatic rings. The van der Waals surface area contributed by atoms with E-state index in [1.165, 1.54) is 10.9 Å². The lowest BCUT2D eigenvalue weighted by Crippen LogP contribution is -2.48. The first-order chi connectivity index (χ1) is 8.94. The summed E-state index contributed by atoms with van der Waals surface area (Å²) in [6.07, 6.45) is 4.74. The lowest BCUT2D eigenvalue weighted by atomic mass is 9.81. The number of anilines is 1. The first-order valence-corrected chi connectivity index (χ1v) is 6.14. The van der Waals surface area contributed by atoms with Crippen LogP contribution in [0, 0.1) is 10.1 Å². The van der Waals surface area contributed by atoms with Gasteiger partial charge in [0, 0.05) is 7.05 Å². The molecule has 1 heterocycles. The molecule has 8 nitrogen and oxygen atoms in total. The molecule has 0 aromatic carbocycles. The molecule has 8 heteroatoms. The van der Waals surface area contributed by atoms with Gasteiger partial charge in [0.15, 0.2) is 0 Å². The van der Waals surface area contributed by atoms with Crippen LogP contribution in [-0.4, -0.2) is 31.3 Å². The Hall–Kier alpha value is -2.12. The average Bonchev–Trinajstić information content (AvgIpc) is 2.71. The van der Waals surface area contributed by atoms with Gasteiger partial charge in [0.1, 0.15) is 11.7 Å². The van der Waals surface area contributed by atoms with Gasteiger partial charge in [-0.1, -0.05) is 19.3 Å². The molecule has 2 rings (SSSR count). The van der Waals surface area contributed by atoms with Crippen molar-refractivity contribution in [3.63, 3.8) is 0 Å². The molecule has 0 unspecified atom stereocenters. The minimum atomic E-state index is -1.14. The summed E-state index contributed by atoms with van der Waals surface area (Å²) in [5.41, 5.74) is -1.34. The second-order valence-corrected chi connectivity index (χ2v) is 4.87. The van der Waals surface area contributed by atoms with Gasteiger partial charge in [0.2, 0.25) is 5.82 Å². The monoisotopic (exact) mass is 268 g/mol. The van der Waals surface area contributed by atoms with Gasteiger partial charge in [0.25, 0.3) is 0 Å². The zero-order chi connectivity index (χ0) is 14.0. The molecule has 19 heavy (non-hydrogen) atoms. The highest BCUT2D eigenvalue weighted by molar-refractivity contribution is 5.83. The lowest BCUT2D eigenvalue weighted by Gasteiger charge is -2.33. The van der Waals surface area contributed by atoms with Crippen LogP contribution in [-0.2, 0) is 11.8 Å². The van der Waals surface area contributed by atoms with Crippen LogP contribution in [0.5, 0.6) is 0 Å². The molecule has 1 saturated carbocycles. The third-order valence-corrected chi connectivity index (χ3v) is 3.48. The number of hydrogen-bond donors (Lipinski definition) is 2. The van der Waals surface area contributed by atoms with Gasteiger partial charge in [-0.2, -0.15) is 0 Å². The summed E-state index contributed by atoms with van der Waals surface area (Å²) in [6, 6.07) is 0. The van der Waals surface area contributed by atoms with Crippen molar-refractivity contribution in [2.24, 2.45) is 7.05 Å². The zero-order valence-electron chi connectivity index (χ0n) is 10.6. The number of hydrogen-bond acceptors (Lipinski definition) is 5. The molecule has 0 spiro atoms. The molecular formula is C11H16N4O4. The third kappa shape index (κ3) is 2.51. The molecule has 0 radical (unpaired) electrons. The molecule has 0 aliphatic heterocycles. The van der Waals surface area contributed by atoms with Crippen LogP contribution in [0.25, 0.3) is 0 Å². The number of carbonyl (C=O) groups is 1. The Morgan fingerprint density at radius 3 is 2.68 bits per heavy atom. The Balaban J connectivity index is 2.31. The lowest BCUT2D eigenvalue weighted by molar-refractivity contribution is -0.384. The number of nitrogens with one attached hydrogen (secondary N) is 1. The summed E-state index contributed by atoms with van der Waals surface area (Å²) in [6.45, 7) is 0. The van der Waals surface area contributed by atoms with Crippen LogP contribution in [0.15, 0.2) is 6.20 Å². The van der Waals surface area contributed by atoms with E-state index < -0.39 is 16.4 Å². The maximum Gasteiger partial charge on any atom is 0.330 e. The first kappa shape index (κ1) is 13.3. The number of aryl methyl sites for hydroxylation is 1. The Labute approximate surface area is 109 Å². The minimum absolute atomic E-state index is 0.0248. The van der Waals surface area contributed by atoms with Gasteiger partial charge in [-0.3, -0.25) is 14.8 Å². The van der Waals surface area contributed by atoms with E-state index in [0.717, 1.165) is 19.3 Å². The van der Waals surface area contributed by atoms with Crippen molar-refractivity contribution < 1.29 is 14.8 Å². The number of aromatic nitrogens is 2. The van der Waals surface area contributed by atoms with Gasteiger partial charge in [0.05, 0.1) is 4.92 Å². The normalized spacial score (nSPS) is 17.9. The van der Waals surface area contributed by atoms with Crippen molar-refractivity contribution in [3.8, 4) is 0 Å². The second kappa shape index (κ2) is 4.87. The van der Waals surface area contributed by atoms with Crippen LogP contribution in [0.2, 0.25) is 0 Å².